The molecule has 3 aromatic carbocycles. The SMILES string of the molecule is CCCCc1nc2cc(N(C)C)ccc2n1Cc1cn(-c2ccccc2SNc2noc(C)c2C)c2ccccc12. The number of anilines is 2. The van der Waals surface area contributed by atoms with Gasteiger partial charge in [0.05, 0.1) is 33.7 Å². The van der Waals surface area contributed by atoms with E-state index in [-0.39, 0.29) is 0 Å². The van der Waals surface area contributed by atoms with Crippen molar-refractivity contribution in [1.29, 1.82) is 0 Å². The first kappa shape index (κ1) is 27.0. The van der Waals surface area contributed by atoms with Crippen molar-refractivity contribution in [3.05, 3.63) is 95.6 Å². The summed E-state index contributed by atoms with van der Waals surface area (Å²) in [5, 5.41) is 5.42. The van der Waals surface area contributed by atoms with Gasteiger partial charge in [-0.1, -0.05) is 48.8 Å². The summed E-state index contributed by atoms with van der Waals surface area (Å²) in [5.74, 6) is 2.73. The molecule has 1 N–H and O–H groups in total. The average Bonchev–Trinajstić information content (AvgIpc) is 3.64. The van der Waals surface area contributed by atoms with E-state index < -0.39 is 0 Å². The summed E-state index contributed by atoms with van der Waals surface area (Å²) in [7, 11) is 4.15. The minimum Gasteiger partial charge on any atom is -0.378 e. The minimum atomic E-state index is 0.754. The predicted octanol–water partition coefficient (Wildman–Crippen LogP) is 8.16. The molecular formula is C33H36N6OS. The van der Waals surface area contributed by atoms with Crippen LogP contribution in [-0.4, -0.2) is 33.4 Å². The number of unbranched alkanes of at least 4 members (excludes halogenated alkanes) is 1. The molecule has 7 nitrogen and oxygen atoms in total. The van der Waals surface area contributed by atoms with E-state index in [1.54, 1.807) is 11.9 Å². The standard InChI is InChI=1S/C33H36N6OS/c1-6-7-16-32-34-27-19-25(37(4)5)17-18-29(27)39(32)21-24-20-38(28-13-9-8-12-26(24)28)30-14-10-11-15-31(30)41-36-33-22(2)23(3)40-35-33/h8-15,17-20H,6-7,16,21H2,1-5H3,(H,35,36). The maximum atomic E-state index is 5.35. The molecule has 0 aliphatic heterocycles. The monoisotopic (exact) mass is 564 g/mol. The number of imidazole rings is 1. The molecule has 0 radical (unpaired) electrons. The maximum Gasteiger partial charge on any atom is 0.182 e. The van der Waals surface area contributed by atoms with Crippen LogP contribution in [0.5, 0.6) is 0 Å². The van der Waals surface area contributed by atoms with E-state index in [2.05, 4.69) is 118 Å². The van der Waals surface area contributed by atoms with E-state index in [0.29, 0.717) is 0 Å². The maximum absolute atomic E-state index is 5.35. The fourth-order valence-electron chi connectivity index (χ4n) is 5.25. The molecular weight excluding hydrogens is 528 g/mol. The number of fused-ring (bicyclic) bond motifs is 2. The zero-order chi connectivity index (χ0) is 28.5. The zero-order valence-corrected chi connectivity index (χ0v) is 25.1. The molecule has 41 heavy (non-hydrogen) atoms. The number of hydrogen-bond donors (Lipinski definition) is 1. The molecule has 0 atom stereocenters. The average molecular weight is 565 g/mol. The van der Waals surface area contributed by atoms with Crippen LogP contribution in [0, 0.1) is 13.8 Å². The van der Waals surface area contributed by atoms with E-state index in [0.717, 1.165) is 64.9 Å². The Morgan fingerprint density at radius 3 is 2.56 bits per heavy atom. The highest BCUT2D eigenvalue weighted by Gasteiger charge is 2.17. The van der Waals surface area contributed by atoms with Gasteiger partial charge in [0.2, 0.25) is 0 Å². The van der Waals surface area contributed by atoms with Gasteiger partial charge in [-0.2, -0.15) is 0 Å². The van der Waals surface area contributed by atoms with Gasteiger partial charge in [0.1, 0.15) is 11.6 Å². The van der Waals surface area contributed by atoms with Crippen LogP contribution < -0.4 is 9.62 Å². The molecule has 3 heterocycles. The highest BCUT2D eigenvalue weighted by Crippen LogP contribution is 2.33. The summed E-state index contributed by atoms with van der Waals surface area (Å²) in [4.78, 5) is 8.35. The number of nitrogens with one attached hydrogen (secondary N) is 1. The second-order valence-corrected chi connectivity index (χ2v) is 11.6. The molecule has 0 amide bonds. The summed E-state index contributed by atoms with van der Waals surface area (Å²) >= 11 is 1.55. The van der Waals surface area contributed by atoms with Gasteiger partial charge in [-0.05, 0) is 74.2 Å². The molecule has 0 aliphatic carbocycles. The third kappa shape index (κ3) is 5.20. The van der Waals surface area contributed by atoms with Gasteiger partial charge in [0.15, 0.2) is 5.82 Å². The van der Waals surface area contributed by atoms with Gasteiger partial charge in [0.25, 0.3) is 0 Å². The fourth-order valence-corrected chi connectivity index (χ4v) is 6.07. The van der Waals surface area contributed by atoms with Crippen LogP contribution in [0.2, 0.25) is 0 Å². The molecule has 0 fully saturated rings. The summed E-state index contributed by atoms with van der Waals surface area (Å²) in [6, 6.07) is 23.7. The van der Waals surface area contributed by atoms with Crippen LogP contribution in [0.15, 0.2) is 82.3 Å². The molecule has 6 aromatic rings. The van der Waals surface area contributed by atoms with Gasteiger partial charge < -0.3 is 23.3 Å². The van der Waals surface area contributed by atoms with Crippen molar-refractivity contribution in [3.8, 4) is 5.69 Å². The smallest absolute Gasteiger partial charge is 0.182 e. The van der Waals surface area contributed by atoms with Crippen LogP contribution in [0.1, 0.15) is 42.5 Å². The lowest BCUT2D eigenvalue weighted by atomic mass is 10.1. The normalized spacial score (nSPS) is 11.5. The summed E-state index contributed by atoms with van der Waals surface area (Å²) in [6.07, 6.45) is 5.52. The van der Waals surface area contributed by atoms with E-state index in [9.17, 15) is 0 Å². The first-order valence-electron chi connectivity index (χ1n) is 14.1. The minimum absolute atomic E-state index is 0.754. The molecule has 8 heteroatoms. The van der Waals surface area contributed by atoms with Gasteiger partial charge >= 0.3 is 0 Å². The Morgan fingerprint density at radius 2 is 1.78 bits per heavy atom. The van der Waals surface area contributed by atoms with Gasteiger partial charge in [-0.3, -0.25) is 0 Å². The molecule has 210 valence electrons. The third-order valence-electron chi connectivity index (χ3n) is 7.74. The van der Waals surface area contributed by atoms with Crippen molar-refractivity contribution in [2.45, 2.75) is 51.5 Å². The second kappa shape index (κ2) is 11.4. The summed E-state index contributed by atoms with van der Waals surface area (Å²) in [5.41, 5.74) is 7.98. The largest absolute Gasteiger partial charge is 0.378 e. The van der Waals surface area contributed by atoms with Crippen LogP contribution in [-0.2, 0) is 13.0 Å². The molecule has 0 saturated heterocycles. The molecule has 6 rings (SSSR count). The lowest BCUT2D eigenvalue weighted by Crippen LogP contribution is -2.08. The number of nitrogens with zero attached hydrogens (tertiary/aromatic N) is 5. The third-order valence-corrected chi connectivity index (χ3v) is 8.60. The lowest BCUT2D eigenvalue weighted by Gasteiger charge is -2.13. The van der Waals surface area contributed by atoms with Crippen molar-refractivity contribution in [2.24, 2.45) is 0 Å². The molecule has 0 saturated carbocycles. The first-order chi connectivity index (χ1) is 19.9. The Bertz CT molecular complexity index is 1830. The topological polar surface area (TPSA) is 64.1 Å². The van der Waals surface area contributed by atoms with E-state index in [4.69, 9.17) is 9.51 Å². The Labute approximate surface area is 245 Å². The predicted molar refractivity (Wildman–Crippen MR) is 171 cm³/mol. The van der Waals surface area contributed by atoms with E-state index in [1.807, 2.05) is 13.8 Å². The number of aromatic nitrogens is 4. The zero-order valence-electron chi connectivity index (χ0n) is 24.3. The summed E-state index contributed by atoms with van der Waals surface area (Å²) < 4.78 is 13.5. The number of hydrogen-bond acceptors (Lipinski definition) is 6. The summed E-state index contributed by atoms with van der Waals surface area (Å²) in [6.45, 7) is 6.94. The number of para-hydroxylation sites is 2. The first-order valence-corrected chi connectivity index (χ1v) is 15.0. The van der Waals surface area contributed by atoms with Crippen molar-refractivity contribution >= 4 is 45.4 Å². The van der Waals surface area contributed by atoms with Gasteiger partial charge in [-0.15, -0.1) is 0 Å². The fraction of sp³-hybridized carbons (Fsp3) is 0.273. The highest BCUT2D eigenvalue weighted by molar-refractivity contribution is 8.00. The molecule has 0 aliphatic rings. The van der Waals surface area contributed by atoms with Crippen molar-refractivity contribution in [3.63, 3.8) is 0 Å². The number of benzene rings is 3. The Hall–Kier alpha value is -4.17. The Balaban J connectivity index is 1.41. The van der Waals surface area contributed by atoms with Gasteiger partial charge in [-0.25, -0.2) is 4.98 Å². The van der Waals surface area contributed by atoms with Crippen LogP contribution in [0.3, 0.4) is 0 Å². The van der Waals surface area contributed by atoms with Crippen molar-refractivity contribution < 1.29 is 4.52 Å². The van der Waals surface area contributed by atoms with Crippen molar-refractivity contribution in [2.75, 3.05) is 23.7 Å². The van der Waals surface area contributed by atoms with Crippen LogP contribution >= 0.6 is 11.9 Å². The molecule has 3 aromatic heterocycles. The highest BCUT2D eigenvalue weighted by atomic mass is 32.2. The Morgan fingerprint density at radius 1 is 0.976 bits per heavy atom. The molecule has 0 unspecified atom stereocenters. The van der Waals surface area contributed by atoms with Gasteiger partial charge in [0, 0.05) is 43.4 Å². The van der Waals surface area contributed by atoms with Crippen molar-refractivity contribution in [1.82, 2.24) is 19.3 Å². The van der Waals surface area contributed by atoms with Crippen LogP contribution in [0.4, 0.5) is 11.5 Å². The Kier molecular flexibility index (Phi) is 7.49. The number of aryl methyl sites for hydroxylation is 2. The number of rotatable bonds is 10. The second-order valence-electron chi connectivity index (χ2n) is 10.7. The van der Waals surface area contributed by atoms with E-state index in [1.165, 1.54) is 27.7 Å². The molecule has 0 spiro atoms. The quantitative estimate of drug-likeness (QED) is 0.169. The van der Waals surface area contributed by atoms with Crippen LogP contribution in [0.25, 0.3) is 27.6 Å². The molecule has 0 bridgehead atoms. The lowest BCUT2D eigenvalue weighted by molar-refractivity contribution is 0.399. The van der Waals surface area contributed by atoms with E-state index >= 15 is 0 Å².